The Balaban J connectivity index is 1.97. The molecule has 0 aliphatic heterocycles. The standard InChI is InChI=1S/C47H66N6O10S2/c1-6-8-10-12-24-62-44-28-37(46(54)52-40-31-38(48)30-39(49)32-40)29-45(63-25-13-11-9-7-2)42(44)33-51-47(55)41-20-15-21-43(36(41)5)53(23-17-27-65(59,60)61)35(4)19-14-18-34(3)50-22-16-26-64(56,57)58/h1-2,14-15,18-21,28-29,38-40H,8-13,16-17,22-27,30-33,48-49H2,3-5H3,(H,51,55)(H,52,54)(H,56,57,58)(H,59,60,61)/b18-14+,35-19+,50-34?/t38-,39+,40?. The number of nitrogens with zero attached hydrogens (tertiary/aromatic N) is 2. The van der Waals surface area contributed by atoms with Gasteiger partial charge in [-0.2, -0.15) is 16.8 Å². The number of hydrogen-bond donors (Lipinski definition) is 6. The summed E-state index contributed by atoms with van der Waals surface area (Å²) >= 11 is 0. The van der Waals surface area contributed by atoms with E-state index < -0.39 is 37.6 Å². The van der Waals surface area contributed by atoms with Crippen LogP contribution in [0.5, 0.6) is 11.5 Å². The molecule has 0 radical (unpaired) electrons. The first kappa shape index (κ1) is 54.1. The highest BCUT2D eigenvalue weighted by atomic mass is 32.2. The zero-order chi connectivity index (χ0) is 48.0. The molecule has 1 aliphatic carbocycles. The van der Waals surface area contributed by atoms with E-state index in [0.717, 1.165) is 12.8 Å². The van der Waals surface area contributed by atoms with Crippen LogP contribution in [0.25, 0.3) is 0 Å². The van der Waals surface area contributed by atoms with Gasteiger partial charge in [-0.15, -0.1) is 24.7 Å². The largest absolute Gasteiger partial charge is 0.493 e. The summed E-state index contributed by atoms with van der Waals surface area (Å²) in [5.74, 6) is 4.34. The molecule has 65 heavy (non-hydrogen) atoms. The summed E-state index contributed by atoms with van der Waals surface area (Å²) in [6.45, 7) is 6.26. The number of nitrogens with one attached hydrogen (secondary N) is 2. The Kier molecular flexibility index (Phi) is 22.7. The van der Waals surface area contributed by atoms with Crippen LogP contribution < -0.4 is 36.5 Å². The predicted molar refractivity (Wildman–Crippen MR) is 256 cm³/mol. The van der Waals surface area contributed by atoms with Crippen molar-refractivity contribution in [2.45, 2.75) is 116 Å². The van der Waals surface area contributed by atoms with Gasteiger partial charge in [-0.3, -0.25) is 23.7 Å². The fourth-order valence-corrected chi connectivity index (χ4v) is 8.28. The van der Waals surface area contributed by atoms with E-state index in [0.29, 0.717) is 109 Å². The lowest BCUT2D eigenvalue weighted by atomic mass is 9.88. The highest BCUT2D eigenvalue weighted by Gasteiger charge is 2.27. The SMILES string of the molecule is C#CCCCCOc1cc(C(=O)NC2C[C@@H](N)C[C@@H](N)C2)cc(OCCCCC#C)c1CNC(=O)c1cccc(N(CCCS(=O)(=O)O)/C(C)=C/C=C/C(C)=NCCCS(=O)(=O)O)c1C. The highest BCUT2D eigenvalue weighted by molar-refractivity contribution is 7.86. The first-order valence-corrected chi connectivity index (χ1v) is 25.1. The van der Waals surface area contributed by atoms with Gasteiger partial charge in [0.15, 0.2) is 0 Å². The Hall–Kier alpha value is -5.21. The molecule has 8 N–H and O–H groups in total. The van der Waals surface area contributed by atoms with Gasteiger partial charge >= 0.3 is 0 Å². The lowest BCUT2D eigenvalue weighted by Gasteiger charge is -2.31. The van der Waals surface area contributed by atoms with Crippen LogP contribution in [0.15, 0.2) is 59.2 Å². The summed E-state index contributed by atoms with van der Waals surface area (Å²) < 4.78 is 76.4. The molecule has 0 saturated heterocycles. The Morgan fingerprint density at radius 1 is 0.877 bits per heavy atom. The van der Waals surface area contributed by atoms with Gasteiger partial charge in [0.2, 0.25) is 0 Å². The van der Waals surface area contributed by atoms with Crippen molar-refractivity contribution < 1.29 is 45.0 Å². The molecule has 0 spiro atoms. The van der Waals surface area contributed by atoms with Gasteiger partial charge in [0.1, 0.15) is 11.5 Å². The van der Waals surface area contributed by atoms with E-state index in [1.807, 2.05) is 11.8 Å². The van der Waals surface area contributed by atoms with Crippen LogP contribution in [-0.4, -0.2) is 99.4 Å². The molecule has 2 aromatic rings. The topological polar surface area (TPSA) is 253 Å². The quantitative estimate of drug-likeness (QED) is 0.0213. The van der Waals surface area contributed by atoms with Crippen LogP contribution in [0.1, 0.15) is 116 Å². The van der Waals surface area contributed by atoms with E-state index in [1.165, 1.54) is 0 Å². The monoisotopic (exact) mass is 938 g/mol. The van der Waals surface area contributed by atoms with Gasteiger partial charge in [-0.25, -0.2) is 0 Å². The molecule has 3 rings (SSSR count). The van der Waals surface area contributed by atoms with Crippen LogP contribution in [0.2, 0.25) is 0 Å². The Bertz CT molecular complexity index is 2260. The maximum Gasteiger partial charge on any atom is 0.264 e. The van der Waals surface area contributed by atoms with Gasteiger partial charge in [0.25, 0.3) is 32.1 Å². The third kappa shape index (κ3) is 20.2. The molecule has 3 atom stereocenters. The molecule has 1 unspecified atom stereocenters. The van der Waals surface area contributed by atoms with Crippen molar-refractivity contribution in [2.24, 2.45) is 16.5 Å². The lowest BCUT2D eigenvalue weighted by Crippen LogP contribution is -2.49. The molecule has 1 saturated carbocycles. The molecule has 1 fully saturated rings. The number of anilines is 1. The van der Waals surface area contributed by atoms with E-state index >= 15 is 0 Å². The maximum atomic E-state index is 14.1. The van der Waals surface area contributed by atoms with Crippen molar-refractivity contribution >= 4 is 43.4 Å². The molecule has 356 valence electrons. The summed E-state index contributed by atoms with van der Waals surface area (Å²) in [5.41, 5.74) is 16.1. The van der Waals surface area contributed by atoms with Gasteiger partial charge in [-0.1, -0.05) is 12.1 Å². The fourth-order valence-electron chi connectivity index (χ4n) is 7.29. The van der Waals surface area contributed by atoms with Gasteiger partial charge in [-0.05, 0) is 121 Å². The molecule has 0 aromatic heterocycles. The number of rotatable bonds is 27. The molecule has 1 aliphatic rings. The first-order chi connectivity index (χ1) is 30.8. The number of nitrogens with two attached hydrogens (primary N) is 2. The smallest absolute Gasteiger partial charge is 0.264 e. The number of unbranched alkanes of at least 4 members (excludes halogenated alkanes) is 4. The third-order valence-corrected chi connectivity index (χ3v) is 12.2. The second-order valence-corrected chi connectivity index (χ2v) is 19.3. The van der Waals surface area contributed by atoms with Crippen molar-refractivity contribution in [3.8, 4) is 36.2 Å². The average molecular weight is 939 g/mol. The Labute approximate surface area is 385 Å². The van der Waals surface area contributed by atoms with Crippen molar-refractivity contribution in [2.75, 3.05) is 42.7 Å². The Morgan fingerprint density at radius 2 is 1.46 bits per heavy atom. The van der Waals surface area contributed by atoms with Crippen molar-refractivity contribution in [1.82, 2.24) is 10.6 Å². The van der Waals surface area contributed by atoms with E-state index in [-0.39, 0.29) is 56.5 Å². The molecule has 0 bridgehead atoms. The van der Waals surface area contributed by atoms with E-state index in [2.05, 4.69) is 27.5 Å². The number of aliphatic imine (C=N–C) groups is 1. The minimum absolute atomic E-state index is 0.0331. The summed E-state index contributed by atoms with van der Waals surface area (Å²) in [7, 11) is -8.32. The van der Waals surface area contributed by atoms with Crippen molar-refractivity contribution in [3.05, 3.63) is 76.5 Å². The number of benzene rings is 2. The van der Waals surface area contributed by atoms with E-state index in [4.69, 9.17) is 38.3 Å². The summed E-state index contributed by atoms with van der Waals surface area (Å²) in [6.07, 6.45) is 22.2. The van der Waals surface area contributed by atoms with Crippen LogP contribution in [-0.2, 0) is 26.8 Å². The Morgan fingerprint density at radius 3 is 2.03 bits per heavy atom. The molecular formula is C47H66N6O10S2. The highest BCUT2D eigenvalue weighted by Crippen LogP contribution is 2.33. The number of ether oxygens (including phenoxy) is 2. The predicted octanol–water partition coefficient (Wildman–Crippen LogP) is 5.51. The summed E-state index contributed by atoms with van der Waals surface area (Å²) in [4.78, 5) is 34.1. The molecular weight excluding hydrogens is 873 g/mol. The van der Waals surface area contributed by atoms with Gasteiger partial charge in [0.05, 0.1) is 36.8 Å². The van der Waals surface area contributed by atoms with Gasteiger partial charge in [0, 0.05) is 72.3 Å². The molecule has 18 heteroatoms. The van der Waals surface area contributed by atoms with Crippen LogP contribution >= 0.6 is 0 Å². The molecule has 2 aromatic carbocycles. The van der Waals surface area contributed by atoms with E-state index in [9.17, 15) is 31.0 Å². The lowest BCUT2D eigenvalue weighted by molar-refractivity contribution is 0.0918. The number of hydrogen-bond acceptors (Lipinski definition) is 12. The summed E-state index contributed by atoms with van der Waals surface area (Å²) in [6, 6.07) is 8.01. The number of carbonyl (C=O) groups is 2. The molecule has 0 heterocycles. The minimum Gasteiger partial charge on any atom is -0.493 e. The van der Waals surface area contributed by atoms with E-state index in [1.54, 1.807) is 62.4 Å². The zero-order valence-corrected chi connectivity index (χ0v) is 39.4. The minimum atomic E-state index is -4.25. The number of terminal acetylenes is 2. The summed E-state index contributed by atoms with van der Waals surface area (Å²) in [5, 5.41) is 6.10. The third-order valence-electron chi connectivity index (χ3n) is 10.6. The number of carbonyl (C=O) groups excluding carboxylic acids is 2. The molecule has 16 nitrogen and oxygen atoms in total. The van der Waals surface area contributed by atoms with Crippen LogP contribution in [0.4, 0.5) is 5.69 Å². The van der Waals surface area contributed by atoms with Crippen molar-refractivity contribution in [3.63, 3.8) is 0 Å². The van der Waals surface area contributed by atoms with Crippen molar-refractivity contribution in [1.29, 1.82) is 0 Å². The fraction of sp³-hybridized carbons (Fsp3) is 0.511. The maximum absolute atomic E-state index is 14.1. The average Bonchev–Trinajstić information content (AvgIpc) is 3.22. The zero-order valence-electron chi connectivity index (χ0n) is 37.8. The number of allylic oxidation sites excluding steroid dienone is 4. The second-order valence-electron chi connectivity index (χ2n) is 16.1. The molecule has 2 amide bonds. The van der Waals surface area contributed by atoms with Crippen LogP contribution in [0.3, 0.4) is 0 Å². The van der Waals surface area contributed by atoms with Gasteiger partial charge < -0.3 is 36.5 Å². The number of amides is 2. The second kappa shape index (κ2) is 27.3. The first-order valence-electron chi connectivity index (χ1n) is 21.8. The van der Waals surface area contributed by atoms with Crippen LogP contribution in [0, 0.1) is 31.6 Å². The normalized spacial score (nSPS) is 17.0.